The van der Waals surface area contributed by atoms with Gasteiger partial charge in [0, 0.05) is 17.6 Å². The molecular weight excluding hydrogens is 334 g/mol. The fourth-order valence-corrected chi connectivity index (χ4v) is 3.02. The lowest BCUT2D eigenvalue weighted by Gasteiger charge is -2.21. The maximum atomic E-state index is 13.0. The van der Waals surface area contributed by atoms with Crippen LogP contribution >= 0.6 is 0 Å². The van der Waals surface area contributed by atoms with Crippen molar-refractivity contribution in [3.05, 3.63) is 103 Å². The van der Waals surface area contributed by atoms with Gasteiger partial charge in [-0.3, -0.25) is 4.79 Å². The number of benzene rings is 3. The molecule has 0 fully saturated rings. The summed E-state index contributed by atoms with van der Waals surface area (Å²) < 4.78 is 0. The number of amides is 1. The molecule has 27 heavy (non-hydrogen) atoms. The number of rotatable bonds is 4. The van der Waals surface area contributed by atoms with Gasteiger partial charge >= 0.3 is 0 Å². The summed E-state index contributed by atoms with van der Waals surface area (Å²) in [4.78, 5) is 15.0. The molecule has 3 aromatic carbocycles. The van der Waals surface area contributed by atoms with E-state index >= 15 is 0 Å². The van der Waals surface area contributed by atoms with Crippen LogP contribution in [-0.4, -0.2) is 11.6 Å². The van der Waals surface area contributed by atoms with E-state index in [9.17, 15) is 4.79 Å². The smallest absolute Gasteiger partial charge is 0.282 e. The van der Waals surface area contributed by atoms with E-state index in [0.29, 0.717) is 11.3 Å². The summed E-state index contributed by atoms with van der Waals surface area (Å²) in [5.41, 5.74) is 3.99. The largest absolute Gasteiger partial charge is 0.316 e. The van der Waals surface area contributed by atoms with Crippen LogP contribution < -0.4 is 9.91 Å². The Labute approximate surface area is 158 Å². The van der Waals surface area contributed by atoms with Gasteiger partial charge in [0.05, 0.1) is 17.0 Å². The van der Waals surface area contributed by atoms with Crippen LogP contribution in [0.25, 0.3) is 0 Å². The van der Waals surface area contributed by atoms with Gasteiger partial charge in [-0.25, -0.2) is 0 Å². The molecule has 0 unspecified atom stereocenters. The van der Waals surface area contributed by atoms with Crippen molar-refractivity contribution in [1.29, 1.82) is 0 Å². The van der Waals surface area contributed by atoms with Crippen molar-refractivity contribution in [1.82, 2.24) is 0 Å². The highest BCUT2D eigenvalue weighted by Crippen LogP contribution is 2.29. The van der Waals surface area contributed by atoms with Gasteiger partial charge < -0.3 is 4.90 Å². The second-order valence-corrected chi connectivity index (χ2v) is 6.22. The Hall–Kier alpha value is -3.66. The molecule has 4 rings (SSSR count). The van der Waals surface area contributed by atoms with Gasteiger partial charge in [0.1, 0.15) is 0 Å². The average Bonchev–Trinajstić information content (AvgIpc) is 3.02. The highest BCUT2D eigenvalue weighted by atomic mass is 16.2. The molecule has 132 valence electrons. The van der Waals surface area contributed by atoms with Gasteiger partial charge in [-0.05, 0) is 43.3 Å². The average molecular weight is 353 g/mol. The van der Waals surface area contributed by atoms with Crippen LogP contribution in [0.2, 0.25) is 0 Å². The molecule has 0 saturated heterocycles. The molecule has 4 nitrogen and oxygen atoms in total. The van der Waals surface area contributed by atoms with E-state index in [4.69, 9.17) is 0 Å². The normalized spacial score (nSPS) is 15.1. The first kappa shape index (κ1) is 16.8. The zero-order valence-corrected chi connectivity index (χ0v) is 15.0. The molecule has 1 amide bonds. The number of hydrogen-bond acceptors (Lipinski definition) is 3. The minimum atomic E-state index is -0.129. The molecule has 1 aliphatic heterocycles. The number of anilines is 3. The van der Waals surface area contributed by atoms with Crippen molar-refractivity contribution in [3.8, 4) is 0 Å². The third kappa shape index (κ3) is 3.37. The molecule has 0 aromatic heterocycles. The Morgan fingerprint density at radius 3 is 1.78 bits per heavy atom. The number of para-hydroxylation sites is 3. The monoisotopic (exact) mass is 353 g/mol. The molecule has 0 aliphatic carbocycles. The topological polar surface area (TPSA) is 35.9 Å². The van der Waals surface area contributed by atoms with Crippen LogP contribution in [0.1, 0.15) is 6.92 Å². The van der Waals surface area contributed by atoms with E-state index in [1.165, 1.54) is 5.01 Å². The number of hydrogen-bond donors (Lipinski definition) is 0. The number of carbonyl (C=O) groups is 1. The van der Waals surface area contributed by atoms with Crippen molar-refractivity contribution >= 4 is 28.7 Å². The van der Waals surface area contributed by atoms with Gasteiger partial charge in [0.15, 0.2) is 0 Å². The van der Waals surface area contributed by atoms with Crippen molar-refractivity contribution in [2.45, 2.75) is 6.92 Å². The third-order valence-corrected chi connectivity index (χ3v) is 4.39. The van der Waals surface area contributed by atoms with Crippen LogP contribution in [0, 0.1) is 0 Å². The lowest BCUT2D eigenvalue weighted by molar-refractivity contribution is -0.114. The molecule has 3 aromatic rings. The highest BCUT2D eigenvalue weighted by molar-refractivity contribution is 6.30. The first-order chi connectivity index (χ1) is 13.2. The zero-order chi connectivity index (χ0) is 18.6. The third-order valence-electron chi connectivity index (χ3n) is 4.39. The van der Waals surface area contributed by atoms with Crippen LogP contribution in [0.15, 0.2) is 108 Å². The molecule has 0 spiro atoms. The summed E-state index contributed by atoms with van der Waals surface area (Å²) in [5.74, 6) is -0.129. The lowest BCUT2D eigenvalue weighted by atomic mass is 10.1. The first-order valence-electron chi connectivity index (χ1n) is 8.80. The molecule has 0 saturated carbocycles. The van der Waals surface area contributed by atoms with E-state index in [1.807, 2.05) is 109 Å². The zero-order valence-electron chi connectivity index (χ0n) is 15.0. The van der Waals surface area contributed by atoms with Crippen LogP contribution in [-0.2, 0) is 4.79 Å². The van der Waals surface area contributed by atoms with Crippen LogP contribution in [0.3, 0.4) is 0 Å². The summed E-state index contributed by atoms with van der Waals surface area (Å²) in [5, 5.41) is 5.92. The molecule has 0 N–H and O–H groups in total. The maximum Gasteiger partial charge on any atom is 0.282 e. The van der Waals surface area contributed by atoms with Gasteiger partial charge in [0.2, 0.25) is 0 Å². The molecule has 1 heterocycles. The van der Waals surface area contributed by atoms with E-state index < -0.39 is 0 Å². The quantitative estimate of drug-likeness (QED) is 0.610. The molecule has 1 aliphatic rings. The minimum Gasteiger partial charge on any atom is -0.316 e. The second kappa shape index (κ2) is 7.30. The predicted molar refractivity (Wildman–Crippen MR) is 110 cm³/mol. The number of carbonyl (C=O) groups excluding carboxylic acids is 1. The SMILES string of the molecule is CC1=NN(c2ccccc2)C(=O)/C1=C\N(c1ccccc1)c1ccccc1. The van der Waals surface area contributed by atoms with Crippen molar-refractivity contribution in [2.24, 2.45) is 5.10 Å². The van der Waals surface area contributed by atoms with E-state index in [2.05, 4.69) is 5.10 Å². The Bertz CT molecular complexity index is 956. The first-order valence-corrected chi connectivity index (χ1v) is 8.80. The van der Waals surface area contributed by atoms with Crippen molar-refractivity contribution < 1.29 is 4.79 Å². The van der Waals surface area contributed by atoms with E-state index in [1.54, 1.807) is 0 Å². The van der Waals surface area contributed by atoms with Gasteiger partial charge in [-0.1, -0.05) is 54.6 Å². The van der Waals surface area contributed by atoms with E-state index in [0.717, 1.165) is 17.1 Å². The Kier molecular flexibility index (Phi) is 4.54. The number of nitrogens with zero attached hydrogens (tertiary/aromatic N) is 3. The predicted octanol–water partition coefficient (Wildman–Crippen LogP) is 5.13. The van der Waals surface area contributed by atoms with Crippen LogP contribution in [0.4, 0.5) is 17.1 Å². The second-order valence-electron chi connectivity index (χ2n) is 6.22. The summed E-state index contributed by atoms with van der Waals surface area (Å²) in [6.07, 6.45) is 1.87. The van der Waals surface area contributed by atoms with Crippen molar-refractivity contribution in [2.75, 3.05) is 9.91 Å². The van der Waals surface area contributed by atoms with Gasteiger partial charge in [-0.15, -0.1) is 0 Å². The molecule has 0 atom stereocenters. The van der Waals surface area contributed by atoms with Crippen LogP contribution in [0.5, 0.6) is 0 Å². The number of hydrazone groups is 1. The molecule has 0 radical (unpaired) electrons. The molecular formula is C23H19N3O. The fraction of sp³-hybridized carbons (Fsp3) is 0.0435. The summed E-state index contributed by atoms with van der Waals surface area (Å²) in [7, 11) is 0. The van der Waals surface area contributed by atoms with Crippen molar-refractivity contribution in [3.63, 3.8) is 0 Å². The fourth-order valence-electron chi connectivity index (χ4n) is 3.02. The summed E-state index contributed by atoms with van der Waals surface area (Å²) >= 11 is 0. The summed E-state index contributed by atoms with van der Waals surface area (Å²) in [6, 6.07) is 29.4. The lowest BCUT2D eigenvalue weighted by Crippen LogP contribution is -2.23. The maximum absolute atomic E-state index is 13.0. The standard InChI is InChI=1S/C23H19N3O/c1-18-22(23(27)26(24-18)21-15-9-4-10-16-21)17-25(19-11-5-2-6-12-19)20-13-7-3-8-14-20/h2-17H,1H3/b22-17-. The Balaban J connectivity index is 1.75. The Morgan fingerprint density at radius 1 is 0.778 bits per heavy atom. The molecule has 0 bridgehead atoms. The Morgan fingerprint density at radius 2 is 1.26 bits per heavy atom. The minimum absolute atomic E-state index is 0.129. The highest BCUT2D eigenvalue weighted by Gasteiger charge is 2.29. The van der Waals surface area contributed by atoms with Gasteiger partial charge in [-0.2, -0.15) is 10.1 Å². The van der Waals surface area contributed by atoms with E-state index in [-0.39, 0.29) is 5.91 Å². The van der Waals surface area contributed by atoms with Gasteiger partial charge in [0.25, 0.3) is 5.91 Å². The summed E-state index contributed by atoms with van der Waals surface area (Å²) in [6.45, 7) is 1.86. The molecule has 4 heteroatoms.